The predicted molar refractivity (Wildman–Crippen MR) is 70.9 cm³/mol. The quantitative estimate of drug-likeness (QED) is 0.807. The number of hydrogen-bond donors (Lipinski definition) is 2. The first-order valence-corrected chi connectivity index (χ1v) is 6.86. The Morgan fingerprint density at radius 2 is 1.95 bits per heavy atom. The second-order valence-electron chi connectivity index (χ2n) is 5.18. The van der Waals surface area contributed by atoms with Crippen LogP contribution in [0.4, 0.5) is 4.79 Å². The van der Waals surface area contributed by atoms with Gasteiger partial charge in [0.2, 0.25) is 0 Å². The van der Waals surface area contributed by atoms with Crippen molar-refractivity contribution in [2.75, 3.05) is 20.2 Å². The second kappa shape index (κ2) is 7.33. The number of rotatable bonds is 3. The number of aliphatic hydroxyl groups excluding tert-OH is 1. The minimum absolute atomic E-state index is 0.131. The van der Waals surface area contributed by atoms with Gasteiger partial charge in [-0.05, 0) is 19.8 Å². The fraction of sp³-hybridized carbons (Fsp3) is 0.846. The van der Waals surface area contributed by atoms with Crippen LogP contribution in [0.1, 0.15) is 39.0 Å². The number of nitrogens with zero attached hydrogens (tertiary/aromatic N) is 2. The van der Waals surface area contributed by atoms with Crippen molar-refractivity contribution in [3.63, 3.8) is 0 Å². The maximum Gasteiger partial charge on any atom is 0.326 e. The third-order valence-corrected chi connectivity index (χ3v) is 3.76. The third kappa shape index (κ3) is 4.09. The van der Waals surface area contributed by atoms with Crippen molar-refractivity contribution < 1.29 is 19.8 Å². The summed E-state index contributed by atoms with van der Waals surface area (Å²) in [5.41, 5.74) is 0. The molecular weight excluding hydrogens is 248 g/mol. The Labute approximate surface area is 114 Å². The van der Waals surface area contributed by atoms with Gasteiger partial charge < -0.3 is 20.0 Å². The van der Waals surface area contributed by atoms with Gasteiger partial charge in [0, 0.05) is 13.6 Å². The number of likely N-dealkylation sites (N-methyl/N-ethyl adjacent to an activating group) is 1. The average Bonchev–Trinajstić information content (AvgIpc) is 2.35. The van der Waals surface area contributed by atoms with Crippen molar-refractivity contribution in [3.8, 4) is 0 Å². The number of aliphatic hydroxyl groups is 1. The number of carboxylic acid groups (broad SMARTS) is 1. The summed E-state index contributed by atoms with van der Waals surface area (Å²) in [5.74, 6) is -0.944. The molecule has 2 N–H and O–H groups in total. The number of carbonyl (C=O) groups is 2. The highest BCUT2D eigenvalue weighted by atomic mass is 16.4. The highest BCUT2D eigenvalue weighted by Crippen LogP contribution is 2.18. The van der Waals surface area contributed by atoms with E-state index < -0.39 is 12.0 Å². The van der Waals surface area contributed by atoms with E-state index in [0.29, 0.717) is 13.0 Å². The maximum absolute atomic E-state index is 12.4. The minimum Gasteiger partial charge on any atom is -0.480 e. The van der Waals surface area contributed by atoms with E-state index in [1.807, 2.05) is 0 Å². The van der Waals surface area contributed by atoms with Gasteiger partial charge in [-0.25, -0.2) is 9.59 Å². The van der Waals surface area contributed by atoms with Gasteiger partial charge in [-0.3, -0.25) is 0 Å². The van der Waals surface area contributed by atoms with Gasteiger partial charge in [-0.15, -0.1) is 0 Å². The normalized spacial score (nSPS) is 22.3. The van der Waals surface area contributed by atoms with Crippen molar-refractivity contribution in [2.24, 2.45) is 0 Å². The SMILES string of the molecule is CC(CO)N(C)C(=O)N1CCCCCCC1C(=O)O. The number of carboxylic acids is 1. The lowest BCUT2D eigenvalue weighted by atomic mass is 10.0. The molecule has 2 unspecified atom stereocenters. The Hall–Kier alpha value is -1.30. The molecule has 0 aliphatic carbocycles. The molecular formula is C13H24N2O4. The van der Waals surface area contributed by atoms with Crippen LogP contribution in [0.5, 0.6) is 0 Å². The molecule has 6 heteroatoms. The van der Waals surface area contributed by atoms with E-state index in [2.05, 4.69) is 0 Å². The first-order valence-electron chi connectivity index (χ1n) is 6.86. The highest BCUT2D eigenvalue weighted by Gasteiger charge is 2.32. The maximum atomic E-state index is 12.4. The lowest BCUT2D eigenvalue weighted by molar-refractivity contribution is -0.142. The van der Waals surface area contributed by atoms with Gasteiger partial charge in [0.05, 0.1) is 12.6 Å². The summed E-state index contributed by atoms with van der Waals surface area (Å²) >= 11 is 0. The number of amides is 2. The molecule has 0 saturated carbocycles. The van der Waals surface area contributed by atoms with Crippen LogP contribution in [-0.4, -0.2) is 64.3 Å². The van der Waals surface area contributed by atoms with E-state index in [0.717, 1.165) is 25.7 Å². The molecule has 0 aromatic rings. The van der Waals surface area contributed by atoms with Crippen molar-refractivity contribution >= 4 is 12.0 Å². The number of urea groups is 1. The Kier molecular flexibility index (Phi) is 6.08. The molecule has 0 bridgehead atoms. The summed E-state index contributed by atoms with van der Waals surface area (Å²) in [4.78, 5) is 26.5. The van der Waals surface area contributed by atoms with E-state index in [1.54, 1.807) is 14.0 Å². The van der Waals surface area contributed by atoms with Gasteiger partial charge in [-0.2, -0.15) is 0 Å². The summed E-state index contributed by atoms with van der Waals surface area (Å²) in [6, 6.07) is -1.37. The summed E-state index contributed by atoms with van der Waals surface area (Å²) in [6.07, 6.45) is 4.21. The van der Waals surface area contributed by atoms with Crippen molar-refractivity contribution in [1.29, 1.82) is 0 Å². The topological polar surface area (TPSA) is 81.1 Å². The van der Waals surface area contributed by atoms with Crippen LogP contribution in [0.2, 0.25) is 0 Å². The third-order valence-electron chi connectivity index (χ3n) is 3.76. The Bertz CT molecular complexity index is 322. The van der Waals surface area contributed by atoms with Crippen molar-refractivity contribution in [2.45, 2.75) is 51.1 Å². The van der Waals surface area contributed by atoms with Gasteiger partial charge in [0.25, 0.3) is 0 Å². The lowest BCUT2D eigenvalue weighted by Crippen LogP contribution is -2.53. The fourth-order valence-corrected chi connectivity index (χ4v) is 2.28. The lowest BCUT2D eigenvalue weighted by Gasteiger charge is -2.35. The Morgan fingerprint density at radius 1 is 1.32 bits per heavy atom. The first kappa shape index (κ1) is 15.8. The van der Waals surface area contributed by atoms with Crippen LogP contribution >= 0.6 is 0 Å². The number of likely N-dealkylation sites (tertiary alicyclic amines) is 1. The summed E-state index contributed by atoms with van der Waals surface area (Å²) in [7, 11) is 1.60. The van der Waals surface area contributed by atoms with Gasteiger partial charge >= 0.3 is 12.0 Å². The summed E-state index contributed by atoms with van der Waals surface area (Å²) in [5, 5.41) is 18.4. The second-order valence-corrected chi connectivity index (χ2v) is 5.18. The van der Waals surface area contributed by atoms with E-state index in [9.17, 15) is 14.7 Å². The molecule has 110 valence electrons. The molecule has 0 aromatic carbocycles. The molecule has 1 fully saturated rings. The number of hydrogen-bond acceptors (Lipinski definition) is 3. The minimum atomic E-state index is -0.944. The number of carbonyl (C=O) groups excluding carboxylic acids is 1. The molecule has 6 nitrogen and oxygen atoms in total. The zero-order valence-corrected chi connectivity index (χ0v) is 11.7. The van der Waals surface area contributed by atoms with E-state index >= 15 is 0 Å². The highest BCUT2D eigenvalue weighted by molar-refractivity contribution is 5.82. The number of aliphatic carboxylic acids is 1. The van der Waals surface area contributed by atoms with Gasteiger partial charge in [-0.1, -0.05) is 19.3 Å². The predicted octanol–water partition coefficient (Wildman–Crippen LogP) is 1.14. The Morgan fingerprint density at radius 3 is 2.53 bits per heavy atom. The van der Waals surface area contributed by atoms with Crippen molar-refractivity contribution in [1.82, 2.24) is 9.80 Å². The standard InChI is InChI=1S/C13H24N2O4/c1-10(9-16)14(2)13(19)15-8-6-4-3-5-7-11(15)12(17)18/h10-11,16H,3-9H2,1-2H3,(H,17,18). The van der Waals surface area contributed by atoms with Crippen LogP contribution in [0.25, 0.3) is 0 Å². The smallest absolute Gasteiger partial charge is 0.326 e. The molecule has 1 heterocycles. The van der Waals surface area contributed by atoms with Crippen molar-refractivity contribution in [3.05, 3.63) is 0 Å². The molecule has 0 aromatic heterocycles. The van der Waals surface area contributed by atoms with Crippen LogP contribution in [-0.2, 0) is 4.79 Å². The Balaban J connectivity index is 2.83. The zero-order chi connectivity index (χ0) is 14.4. The molecule has 1 saturated heterocycles. The van der Waals surface area contributed by atoms with Crippen LogP contribution < -0.4 is 0 Å². The first-order chi connectivity index (χ1) is 8.99. The monoisotopic (exact) mass is 272 g/mol. The fourth-order valence-electron chi connectivity index (χ4n) is 2.28. The van der Waals surface area contributed by atoms with E-state index in [4.69, 9.17) is 5.11 Å². The largest absolute Gasteiger partial charge is 0.480 e. The van der Waals surface area contributed by atoms with Crippen LogP contribution in [0.3, 0.4) is 0 Å². The van der Waals surface area contributed by atoms with E-state index in [-0.39, 0.29) is 18.7 Å². The zero-order valence-electron chi connectivity index (χ0n) is 11.7. The average molecular weight is 272 g/mol. The molecule has 1 rings (SSSR count). The molecule has 0 radical (unpaired) electrons. The molecule has 2 atom stereocenters. The molecule has 1 aliphatic rings. The van der Waals surface area contributed by atoms with Crippen LogP contribution in [0.15, 0.2) is 0 Å². The summed E-state index contributed by atoms with van der Waals surface area (Å²) < 4.78 is 0. The van der Waals surface area contributed by atoms with Gasteiger partial charge in [0.15, 0.2) is 0 Å². The van der Waals surface area contributed by atoms with Crippen LogP contribution in [0, 0.1) is 0 Å². The van der Waals surface area contributed by atoms with Gasteiger partial charge in [0.1, 0.15) is 6.04 Å². The van der Waals surface area contributed by atoms with E-state index in [1.165, 1.54) is 9.80 Å². The molecule has 19 heavy (non-hydrogen) atoms. The summed E-state index contributed by atoms with van der Waals surface area (Å²) in [6.45, 7) is 2.07. The molecule has 0 spiro atoms. The molecule has 2 amide bonds. The molecule has 1 aliphatic heterocycles.